The number of H-pyrrole nitrogens is 1. The molecule has 4 aromatic rings. The molecule has 2 heterocycles. The number of halogens is 1. The van der Waals surface area contributed by atoms with E-state index in [1.165, 1.54) is 13.3 Å². The SMILES string of the molecule is CC(=O)NCC(=O)Nc1cc(Cl)cc(Nc2ncnc3[nH]cc(C(=O)c4ccccc4)c23)c1. The van der Waals surface area contributed by atoms with E-state index in [1.807, 2.05) is 6.07 Å². The molecular formula is C23H19ClN6O3. The molecule has 0 aliphatic rings. The van der Waals surface area contributed by atoms with E-state index in [4.69, 9.17) is 11.6 Å². The molecule has 166 valence electrons. The number of hydrogen-bond donors (Lipinski definition) is 4. The minimum absolute atomic E-state index is 0.161. The van der Waals surface area contributed by atoms with Gasteiger partial charge in [-0.1, -0.05) is 41.9 Å². The van der Waals surface area contributed by atoms with Crippen molar-refractivity contribution in [2.45, 2.75) is 6.92 Å². The van der Waals surface area contributed by atoms with Gasteiger partial charge < -0.3 is 20.9 Å². The van der Waals surface area contributed by atoms with Gasteiger partial charge in [0.25, 0.3) is 0 Å². The second kappa shape index (κ2) is 9.49. The molecule has 2 aromatic carbocycles. The number of ketones is 1. The van der Waals surface area contributed by atoms with Crippen LogP contribution in [0.25, 0.3) is 11.0 Å². The molecule has 0 aliphatic heterocycles. The Hall–Kier alpha value is -4.24. The van der Waals surface area contributed by atoms with E-state index in [1.54, 1.807) is 48.7 Å². The van der Waals surface area contributed by atoms with Crippen LogP contribution in [-0.2, 0) is 9.59 Å². The van der Waals surface area contributed by atoms with Crippen LogP contribution >= 0.6 is 11.6 Å². The lowest BCUT2D eigenvalue weighted by Gasteiger charge is -2.11. The van der Waals surface area contributed by atoms with Crippen molar-refractivity contribution >= 4 is 57.4 Å². The van der Waals surface area contributed by atoms with Crippen LogP contribution < -0.4 is 16.0 Å². The molecule has 0 aliphatic carbocycles. The molecule has 9 nitrogen and oxygen atoms in total. The van der Waals surface area contributed by atoms with Crippen LogP contribution in [0.3, 0.4) is 0 Å². The fourth-order valence-electron chi connectivity index (χ4n) is 3.26. The summed E-state index contributed by atoms with van der Waals surface area (Å²) in [4.78, 5) is 47.6. The maximum absolute atomic E-state index is 13.1. The number of hydrogen-bond acceptors (Lipinski definition) is 6. The third-order valence-electron chi connectivity index (χ3n) is 4.69. The molecule has 0 saturated heterocycles. The zero-order chi connectivity index (χ0) is 23.4. The van der Waals surface area contributed by atoms with Gasteiger partial charge in [0.05, 0.1) is 17.5 Å². The molecule has 2 amide bonds. The third kappa shape index (κ3) is 5.16. The summed E-state index contributed by atoms with van der Waals surface area (Å²) >= 11 is 6.23. The highest BCUT2D eigenvalue weighted by molar-refractivity contribution is 6.31. The largest absolute Gasteiger partial charge is 0.347 e. The molecule has 33 heavy (non-hydrogen) atoms. The molecule has 0 spiro atoms. The second-order valence-electron chi connectivity index (χ2n) is 7.15. The first kappa shape index (κ1) is 22.0. The Morgan fingerprint density at radius 2 is 1.79 bits per heavy atom. The van der Waals surface area contributed by atoms with Gasteiger partial charge in [-0.25, -0.2) is 9.97 Å². The van der Waals surface area contributed by atoms with Gasteiger partial charge in [-0.05, 0) is 18.2 Å². The summed E-state index contributed by atoms with van der Waals surface area (Å²) in [5, 5.41) is 9.16. The summed E-state index contributed by atoms with van der Waals surface area (Å²) in [6.45, 7) is 1.17. The number of aromatic amines is 1. The summed E-state index contributed by atoms with van der Waals surface area (Å²) < 4.78 is 0. The first-order valence-electron chi connectivity index (χ1n) is 9.94. The molecule has 0 fully saturated rings. The number of fused-ring (bicyclic) bond motifs is 1. The Kier molecular flexibility index (Phi) is 6.32. The Morgan fingerprint density at radius 1 is 1.03 bits per heavy atom. The van der Waals surface area contributed by atoms with Gasteiger partial charge in [-0.3, -0.25) is 14.4 Å². The molecule has 4 N–H and O–H groups in total. The lowest BCUT2D eigenvalue weighted by Crippen LogP contribution is -2.31. The maximum Gasteiger partial charge on any atom is 0.243 e. The van der Waals surface area contributed by atoms with Gasteiger partial charge in [-0.15, -0.1) is 0 Å². The van der Waals surface area contributed by atoms with Gasteiger partial charge in [0.2, 0.25) is 11.8 Å². The molecule has 0 unspecified atom stereocenters. The van der Waals surface area contributed by atoms with Crippen molar-refractivity contribution in [3.8, 4) is 0 Å². The lowest BCUT2D eigenvalue weighted by molar-refractivity contribution is -0.122. The van der Waals surface area contributed by atoms with E-state index in [2.05, 4.69) is 30.9 Å². The molecule has 0 atom stereocenters. The van der Waals surface area contributed by atoms with Crippen molar-refractivity contribution in [3.63, 3.8) is 0 Å². The first-order valence-corrected chi connectivity index (χ1v) is 10.3. The molecule has 2 aromatic heterocycles. The fourth-order valence-corrected chi connectivity index (χ4v) is 3.50. The van der Waals surface area contributed by atoms with E-state index < -0.39 is 5.91 Å². The Bertz CT molecular complexity index is 1350. The molecule has 0 radical (unpaired) electrons. The standard InChI is InChI=1S/C23H19ClN6O3/c1-13(31)25-11-19(32)29-16-7-15(24)8-17(9-16)30-23-20-18(10-26-22(20)27-12-28-23)21(33)14-5-3-2-4-6-14/h2-10,12H,11H2,1H3,(H,25,31)(H,29,32)(H2,26,27,28,30). The van der Waals surface area contributed by atoms with Crippen molar-refractivity contribution < 1.29 is 14.4 Å². The molecule has 0 bridgehead atoms. The minimum Gasteiger partial charge on any atom is -0.347 e. The Balaban J connectivity index is 1.64. The normalized spacial score (nSPS) is 10.6. The predicted octanol–water partition coefficient (Wildman–Crippen LogP) is 3.66. The highest BCUT2D eigenvalue weighted by atomic mass is 35.5. The van der Waals surface area contributed by atoms with E-state index in [-0.39, 0.29) is 18.2 Å². The summed E-state index contributed by atoms with van der Waals surface area (Å²) in [6, 6.07) is 13.8. The number of carbonyl (C=O) groups excluding carboxylic acids is 3. The summed E-state index contributed by atoms with van der Waals surface area (Å²) in [5.41, 5.74) is 2.43. The summed E-state index contributed by atoms with van der Waals surface area (Å²) in [6.07, 6.45) is 2.98. The highest BCUT2D eigenvalue weighted by Crippen LogP contribution is 2.30. The highest BCUT2D eigenvalue weighted by Gasteiger charge is 2.19. The number of amides is 2. The summed E-state index contributed by atoms with van der Waals surface area (Å²) in [5.74, 6) is -0.474. The minimum atomic E-state index is -0.399. The van der Waals surface area contributed by atoms with Crippen LogP contribution in [0.2, 0.25) is 5.02 Å². The predicted molar refractivity (Wildman–Crippen MR) is 126 cm³/mol. The molecule has 4 rings (SSSR count). The molecule has 0 saturated carbocycles. The number of anilines is 3. The second-order valence-corrected chi connectivity index (χ2v) is 7.59. The topological polar surface area (TPSA) is 129 Å². The monoisotopic (exact) mass is 462 g/mol. The van der Waals surface area contributed by atoms with Crippen molar-refractivity contribution in [1.29, 1.82) is 0 Å². The molecule has 10 heteroatoms. The van der Waals surface area contributed by atoms with Gasteiger partial charge in [0.15, 0.2) is 5.78 Å². The van der Waals surface area contributed by atoms with Gasteiger partial charge in [0, 0.05) is 35.1 Å². The zero-order valence-corrected chi connectivity index (χ0v) is 18.2. The van der Waals surface area contributed by atoms with E-state index >= 15 is 0 Å². The number of nitrogens with zero attached hydrogens (tertiary/aromatic N) is 2. The van der Waals surface area contributed by atoms with Crippen molar-refractivity contribution in [3.05, 3.63) is 77.2 Å². The van der Waals surface area contributed by atoms with Crippen LogP contribution in [0.5, 0.6) is 0 Å². The smallest absolute Gasteiger partial charge is 0.243 e. The van der Waals surface area contributed by atoms with Crippen molar-refractivity contribution in [1.82, 2.24) is 20.3 Å². The first-order chi connectivity index (χ1) is 15.9. The fraction of sp³-hybridized carbons (Fsp3) is 0.0870. The van der Waals surface area contributed by atoms with Crippen LogP contribution in [0.15, 0.2) is 61.1 Å². The quantitative estimate of drug-likeness (QED) is 0.310. The number of carbonyl (C=O) groups is 3. The Morgan fingerprint density at radius 3 is 2.55 bits per heavy atom. The average molecular weight is 463 g/mol. The number of aromatic nitrogens is 3. The van der Waals surface area contributed by atoms with Gasteiger partial charge >= 0.3 is 0 Å². The maximum atomic E-state index is 13.1. The van der Waals surface area contributed by atoms with Crippen molar-refractivity contribution in [2.24, 2.45) is 0 Å². The van der Waals surface area contributed by atoms with Gasteiger partial charge in [-0.2, -0.15) is 0 Å². The van der Waals surface area contributed by atoms with E-state index in [9.17, 15) is 14.4 Å². The van der Waals surface area contributed by atoms with Crippen LogP contribution in [0, 0.1) is 0 Å². The molecular weight excluding hydrogens is 444 g/mol. The van der Waals surface area contributed by atoms with Gasteiger partial charge in [0.1, 0.15) is 17.8 Å². The third-order valence-corrected chi connectivity index (χ3v) is 4.91. The van der Waals surface area contributed by atoms with E-state index in [0.29, 0.717) is 44.4 Å². The van der Waals surface area contributed by atoms with E-state index in [0.717, 1.165) is 0 Å². The number of nitrogens with one attached hydrogen (secondary N) is 4. The van der Waals surface area contributed by atoms with Crippen molar-refractivity contribution in [2.75, 3.05) is 17.2 Å². The average Bonchev–Trinajstić information content (AvgIpc) is 3.23. The van der Waals surface area contributed by atoms with Crippen LogP contribution in [0.4, 0.5) is 17.2 Å². The van der Waals surface area contributed by atoms with Crippen LogP contribution in [-0.4, -0.2) is 39.1 Å². The zero-order valence-electron chi connectivity index (χ0n) is 17.5. The van der Waals surface area contributed by atoms with Crippen LogP contribution in [0.1, 0.15) is 22.8 Å². The number of rotatable bonds is 7. The lowest BCUT2D eigenvalue weighted by atomic mass is 10.0. The number of benzene rings is 2. The Labute approximate surface area is 193 Å². The summed E-state index contributed by atoms with van der Waals surface area (Å²) in [7, 11) is 0.